The monoisotopic (exact) mass is 289 g/mol. The van der Waals surface area contributed by atoms with Crippen LogP contribution in [0, 0.1) is 13.8 Å². The van der Waals surface area contributed by atoms with Gasteiger partial charge in [0, 0.05) is 17.5 Å². The molecule has 2 aromatic rings. The number of fused-ring (bicyclic) bond motifs is 1. The average Bonchev–Trinajstić information content (AvgIpc) is 2.85. The lowest BCUT2D eigenvalue weighted by Crippen LogP contribution is -2.31. The predicted octanol–water partition coefficient (Wildman–Crippen LogP) is 1.75. The molecule has 0 bridgehead atoms. The van der Waals surface area contributed by atoms with Crippen LogP contribution in [0.4, 0.5) is 0 Å². The molecule has 104 valence electrons. The Morgan fingerprint density at radius 2 is 2.30 bits per heavy atom. The summed E-state index contributed by atoms with van der Waals surface area (Å²) in [6, 6.07) is -0.0200. The fraction of sp³-hybridized carbons (Fsp3) is 0.462. The Kier molecular flexibility index (Phi) is 3.43. The van der Waals surface area contributed by atoms with E-state index in [0.717, 1.165) is 47.9 Å². The van der Waals surface area contributed by atoms with Crippen molar-refractivity contribution in [3.63, 3.8) is 0 Å². The third-order valence-corrected chi connectivity index (χ3v) is 4.29. The smallest absolute Gasteiger partial charge is 0.265 e. The minimum atomic E-state index is -0.115. The van der Waals surface area contributed by atoms with Gasteiger partial charge in [-0.2, -0.15) is 0 Å². The molecule has 7 heteroatoms. The van der Waals surface area contributed by atoms with Crippen molar-refractivity contribution in [3.05, 3.63) is 33.8 Å². The zero-order valence-corrected chi connectivity index (χ0v) is 12.2. The highest BCUT2D eigenvalue weighted by Gasteiger charge is 2.25. The molecule has 0 aromatic carbocycles. The van der Waals surface area contributed by atoms with Crippen LogP contribution in [0.25, 0.3) is 0 Å². The summed E-state index contributed by atoms with van der Waals surface area (Å²) in [5.41, 5.74) is 2.75. The molecule has 0 saturated carbocycles. The molecule has 1 aliphatic rings. The van der Waals surface area contributed by atoms with Gasteiger partial charge in [0.05, 0.1) is 11.7 Å². The van der Waals surface area contributed by atoms with Gasteiger partial charge in [-0.05, 0) is 44.6 Å². The van der Waals surface area contributed by atoms with E-state index in [2.05, 4.69) is 24.9 Å². The molecule has 1 aliphatic carbocycles. The number of nitrogens with zero attached hydrogens (tertiary/aromatic N) is 4. The van der Waals surface area contributed by atoms with Gasteiger partial charge in [0.15, 0.2) is 0 Å². The summed E-state index contributed by atoms with van der Waals surface area (Å²) in [6.07, 6.45) is 4.72. The maximum Gasteiger partial charge on any atom is 0.265 e. The molecule has 0 spiro atoms. The molecule has 3 rings (SSSR count). The van der Waals surface area contributed by atoms with Crippen LogP contribution in [-0.4, -0.2) is 25.5 Å². The Balaban J connectivity index is 1.83. The van der Waals surface area contributed by atoms with Crippen molar-refractivity contribution in [2.75, 3.05) is 0 Å². The molecule has 1 N–H and O–H groups in total. The summed E-state index contributed by atoms with van der Waals surface area (Å²) in [7, 11) is 0. The normalized spacial score (nSPS) is 17.6. The van der Waals surface area contributed by atoms with Crippen LogP contribution in [0.15, 0.2) is 6.20 Å². The highest BCUT2D eigenvalue weighted by molar-refractivity contribution is 7.08. The van der Waals surface area contributed by atoms with E-state index in [9.17, 15) is 4.79 Å². The molecule has 0 radical (unpaired) electrons. The third-order valence-electron chi connectivity index (χ3n) is 3.47. The number of amides is 1. The molecule has 0 aliphatic heterocycles. The summed E-state index contributed by atoms with van der Waals surface area (Å²) in [5.74, 6) is 0.661. The van der Waals surface area contributed by atoms with Crippen LogP contribution >= 0.6 is 11.5 Å². The lowest BCUT2D eigenvalue weighted by molar-refractivity contribution is 0.0936. The van der Waals surface area contributed by atoms with E-state index in [1.807, 2.05) is 13.1 Å². The van der Waals surface area contributed by atoms with E-state index in [-0.39, 0.29) is 11.9 Å². The molecular weight excluding hydrogens is 274 g/mol. The van der Waals surface area contributed by atoms with E-state index >= 15 is 0 Å². The molecule has 2 heterocycles. The Morgan fingerprint density at radius 1 is 1.45 bits per heavy atom. The molecule has 6 nitrogen and oxygen atoms in total. The van der Waals surface area contributed by atoms with Gasteiger partial charge in [-0.15, -0.1) is 5.10 Å². The summed E-state index contributed by atoms with van der Waals surface area (Å²) < 4.78 is 3.80. The first-order chi connectivity index (χ1) is 9.65. The maximum absolute atomic E-state index is 12.3. The minimum Gasteiger partial charge on any atom is -0.344 e. The van der Waals surface area contributed by atoms with Crippen LogP contribution in [0.2, 0.25) is 0 Å². The van der Waals surface area contributed by atoms with Gasteiger partial charge in [0.1, 0.15) is 10.7 Å². The lowest BCUT2D eigenvalue weighted by Gasteiger charge is -2.25. The molecule has 2 aromatic heterocycles. The van der Waals surface area contributed by atoms with Crippen molar-refractivity contribution < 1.29 is 4.79 Å². The van der Waals surface area contributed by atoms with E-state index in [1.54, 1.807) is 6.92 Å². The summed E-state index contributed by atoms with van der Waals surface area (Å²) in [6.45, 7) is 3.68. The molecule has 0 unspecified atom stereocenters. The quantitative estimate of drug-likeness (QED) is 0.911. The van der Waals surface area contributed by atoms with E-state index < -0.39 is 0 Å². The van der Waals surface area contributed by atoms with Crippen LogP contribution in [-0.2, 0) is 6.42 Å². The van der Waals surface area contributed by atoms with Gasteiger partial charge in [-0.25, -0.2) is 9.97 Å². The van der Waals surface area contributed by atoms with Gasteiger partial charge in [0.25, 0.3) is 5.91 Å². The van der Waals surface area contributed by atoms with Gasteiger partial charge in [-0.1, -0.05) is 4.49 Å². The second kappa shape index (κ2) is 5.24. The van der Waals surface area contributed by atoms with Crippen LogP contribution in [0.3, 0.4) is 0 Å². The van der Waals surface area contributed by atoms with Crippen LogP contribution < -0.4 is 5.32 Å². The van der Waals surface area contributed by atoms with E-state index in [4.69, 9.17) is 0 Å². The van der Waals surface area contributed by atoms with Gasteiger partial charge in [0.2, 0.25) is 0 Å². The Bertz CT molecular complexity index is 654. The van der Waals surface area contributed by atoms with Crippen molar-refractivity contribution in [1.29, 1.82) is 0 Å². The highest BCUT2D eigenvalue weighted by Crippen LogP contribution is 2.28. The molecule has 1 amide bonds. The van der Waals surface area contributed by atoms with E-state index in [1.165, 1.54) is 0 Å². The standard InChI is InChI=1S/C13H15N5OS/c1-7-12(20-18-17-7)13(19)16-11-5-3-4-10-9(11)6-14-8(2)15-10/h6,11H,3-5H2,1-2H3,(H,16,19)/t11-/m1/s1. The van der Waals surface area contributed by atoms with E-state index in [0.29, 0.717) is 10.6 Å². The average molecular weight is 289 g/mol. The summed E-state index contributed by atoms with van der Waals surface area (Å²) in [5, 5.41) is 6.92. The Hall–Kier alpha value is -1.89. The number of aromatic nitrogens is 4. The van der Waals surface area contributed by atoms with Crippen molar-refractivity contribution in [3.8, 4) is 0 Å². The van der Waals surface area contributed by atoms with Gasteiger partial charge < -0.3 is 5.32 Å². The second-order valence-corrected chi connectivity index (χ2v) is 5.68. The second-order valence-electron chi connectivity index (χ2n) is 4.92. The fourth-order valence-electron chi connectivity index (χ4n) is 2.46. The van der Waals surface area contributed by atoms with Crippen LogP contribution in [0.5, 0.6) is 0 Å². The van der Waals surface area contributed by atoms with Crippen molar-refractivity contribution >= 4 is 17.4 Å². The van der Waals surface area contributed by atoms with Crippen molar-refractivity contribution in [2.24, 2.45) is 0 Å². The minimum absolute atomic E-state index is 0.0200. The molecule has 20 heavy (non-hydrogen) atoms. The number of carbonyl (C=O) groups is 1. The first-order valence-electron chi connectivity index (χ1n) is 6.57. The number of hydrogen-bond acceptors (Lipinski definition) is 6. The predicted molar refractivity (Wildman–Crippen MR) is 74.6 cm³/mol. The zero-order chi connectivity index (χ0) is 14.1. The fourth-order valence-corrected chi connectivity index (χ4v) is 3.02. The number of hydrogen-bond donors (Lipinski definition) is 1. The SMILES string of the molecule is Cc1ncc2c(n1)CCC[C@H]2NC(=O)c1snnc1C. The number of rotatable bonds is 2. The zero-order valence-electron chi connectivity index (χ0n) is 11.4. The summed E-state index contributed by atoms with van der Waals surface area (Å²) in [4.78, 5) is 21.5. The maximum atomic E-state index is 12.3. The number of aryl methyl sites for hydroxylation is 3. The third kappa shape index (κ3) is 2.40. The van der Waals surface area contributed by atoms with Gasteiger partial charge >= 0.3 is 0 Å². The highest BCUT2D eigenvalue weighted by atomic mass is 32.1. The van der Waals surface area contributed by atoms with Crippen molar-refractivity contribution in [1.82, 2.24) is 24.9 Å². The first-order valence-corrected chi connectivity index (χ1v) is 7.34. The molecular formula is C13H15N5OS. The number of nitrogens with one attached hydrogen (secondary N) is 1. The topological polar surface area (TPSA) is 80.7 Å². The van der Waals surface area contributed by atoms with Crippen LogP contribution in [0.1, 0.15) is 51.3 Å². The lowest BCUT2D eigenvalue weighted by atomic mass is 9.92. The molecule has 1 atom stereocenters. The first kappa shape index (κ1) is 13.1. The summed E-state index contributed by atoms with van der Waals surface area (Å²) >= 11 is 1.13. The van der Waals surface area contributed by atoms with Gasteiger partial charge in [-0.3, -0.25) is 4.79 Å². The van der Waals surface area contributed by atoms with Crippen molar-refractivity contribution in [2.45, 2.75) is 39.2 Å². The largest absolute Gasteiger partial charge is 0.344 e. The Morgan fingerprint density at radius 3 is 3.05 bits per heavy atom. The molecule has 0 fully saturated rings. The Labute approximate surface area is 120 Å². The number of carbonyl (C=O) groups excluding carboxylic acids is 1. The molecule has 0 saturated heterocycles.